The van der Waals surface area contributed by atoms with Crippen LogP contribution in [0.1, 0.15) is 13.8 Å². The van der Waals surface area contributed by atoms with E-state index in [4.69, 9.17) is 0 Å². The van der Waals surface area contributed by atoms with Gasteiger partial charge >= 0.3 is 0 Å². The normalized spacial score (nSPS) is 19.2. The fourth-order valence-corrected chi connectivity index (χ4v) is 2.66. The van der Waals surface area contributed by atoms with Gasteiger partial charge in [0, 0.05) is 45.0 Å². The van der Waals surface area contributed by atoms with E-state index in [0.29, 0.717) is 17.8 Å². The summed E-state index contributed by atoms with van der Waals surface area (Å²) in [5, 5.41) is 3.16. The van der Waals surface area contributed by atoms with Crippen molar-refractivity contribution in [1.82, 2.24) is 14.8 Å². The van der Waals surface area contributed by atoms with Gasteiger partial charge in [0.05, 0.1) is 0 Å². The third kappa shape index (κ3) is 3.90. The first-order valence-corrected chi connectivity index (χ1v) is 7.35. The quantitative estimate of drug-likeness (QED) is 0.893. The Balaban J connectivity index is 1.94. The van der Waals surface area contributed by atoms with Crippen LogP contribution in [0.4, 0.5) is 10.2 Å². The molecule has 0 saturated carbocycles. The summed E-state index contributed by atoms with van der Waals surface area (Å²) in [5.41, 5.74) is 0. The lowest BCUT2D eigenvalue weighted by Gasteiger charge is -2.40. The summed E-state index contributed by atoms with van der Waals surface area (Å²) < 4.78 is 13.6. The average molecular weight is 280 g/mol. The zero-order valence-electron chi connectivity index (χ0n) is 12.6. The molecule has 1 unspecified atom stereocenters. The molecule has 2 rings (SSSR count). The molecule has 5 heteroatoms. The smallest absolute Gasteiger partial charge is 0.165 e. The van der Waals surface area contributed by atoms with Crippen LogP contribution in [0, 0.1) is 11.7 Å². The van der Waals surface area contributed by atoms with E-state index >= 15 is 0 Å². The molecule has 0 amide bonds. The van der Waals surface area contributed by atoms with Gasteiger partial charge in [-0.05, 0) is 25.1 Å². The number of rotatable bonds is 5. The molecule has 0 aromatic carbocycles. The van der Waals surface area contributed by atoms with E-state index in [2.05, 4.69) is 41.0 Å². The van der Waals surface area contributed by atoms with Crippen molar-refractivity contribution in [3.05, 3.63) is 24.1 Å². The fraction of sp³-hybridized carbons (Fsp3) is 0.667. The van der Waals surface area contributed by atoms with Crippen molar-refractivity contribution in [2.24, 2.45) is 5.92 Å². The Morgan fingerprint density at radius 2 is 2.00 bits per heavy atom. The molecule has 1 atom stereocenters. The van der Waals surface area contributed by atoms with Crippen LogP contribution in [0.3, 0.4) is 0 Å². The lowest BCUT2D eigenvalue weighted by Crippen LogP contribution is -2.52. The van der Waals surface area contributed by atoms with E-state index in [1.54, 1.807) is 12.3 Å². The molecular formula is C15H25FN4. The predicted molar refractivity (Wildman–Crippen MR) is 80.4 cm³/mol. The molecule has 4 nitrogen and oxygen atoms in total. The average Bonchev–Trinajstić information content (AvgIpc) is 2.42. The maximum absolute atomic E-state index is 13.6. The standard InChI is InChI=1S/C15H25FN4/c1-12(2)14(20-9-7-19(3)8-10-20)11-18-15-13(16)5-4-6-17-15/h4-6,12,14H,7-11H2,1-3H3,(H,17,18). The topological polar surface area (TPSA) is 31.4 Å². The summed E-state index contributed by atoms with van der Waals surface area (Å²) in [6.07, 6.45) is 1.62. The van der Waals surface area contributed by atoms with Crippen molar-refractivity contribution in [3.8, 4) is 0 Å². The fourth-order valence-electron chi connectivity index (χ4n) is 2.66. The summed E-state index contributed by atoms with van der Waals surface area (Å²) >= 11 is 0. The van der Waals surface area contributed by atoms with Gasteiger partial charge in [-0.25, -0.2) is 9.37 Å². The van der Waals surface area contributed by atoms with Crippen LogP contribution >= 0.6 is 0 Å². The monoisotopic (exact) mass is 280 g/mol. The molecule has 1 N–H and O–H groups in total. The van der Waals surface area contributed by atoms with Crippen molar-refractivity contribution in [2.45, 2.75) is 19.9 Å². The summed E-state index contributed by atoms with van der Waals surface area (Å²) in [6.45, 7) is 9.52. The first-order valence-electron chi connectivity index (χ1n) is 7.35. The predicted octanol–water partition coefficient (Wildman–Crippen LogP) is 1.90. The number of nitrogens with one attached hydrogen (secondary N) is 1. The zero-order valence-corrected chi connectivity index (χ0v) is 12.6. The number of hydrogen-bond acceptors (Lipinski definition) is 4. The molecule has 1 saturated heterocycles. The largest absolute Gasteiger partial charge is 0.366 e. The second-order valence-electron chi connectivity index (χ2n) is 5.87. The molecule has 1 aromatic heterocycles. The lowest BCUT2D eigenvalue weighted by molar-refractivity contribution is 0.0943. The first kappa shape index (κ1) is 15.2. The van der Waals surface area contributed by atoms with Crippen LogP contribution in [0.15, 0.2) is 18.3 Å². The molecule has 112 valence electrons. The van der Waals surface area contributed by atoms with Crippen molar-refractivity contribution in [1.29, 1.82) is 0 Å². The Kier molecular flexibility index (Phi) is 5.31. The summed E-state index contributed by atoms with van der Waals surface area (Å²) in [5.74, 6) is 0.596. The number of piperazine rings is 1. The number of anilines is 1. The maximum atomic E-state index is 13.6. The minimum atomic E-state index is -0.284. The minimum Gasteiger partial charge on any atom is -0.366 e. The molecule has 1 aliphatic rings. The molecule has 1 aliphatic heterocycles. The van der Waals surface area contributed by atoms with Gasteiger partial charge in [-0.3, -0.25) is 4.90 Å². The van der Waals surface area contributed by atoms with E-state index < -0.39 is 0 Å². The molecule has 1 aromatic rings. The van der Waals surface area contributed by atoms with Crippen LogP contribution in [0.2, 0.25) is 0 Å². The molecule has 0 bridgehead atoms. The van der Waals surface area contributed by atoms with Gasteiger partial charge in [-0.15, -0.1) is 0 Å². The van der Waals surface area contributed by atoms with Crippen molar-refractivity contribution in [3.63, 3.8) is 0 Å². The van der Waals surface area contributed by atoms with Gasteiger partial charge in [-0.1, -0.05) is 13.8 Å². The number of likely N-dealkylation sites (N-methyl/N-ethyl adjacent to an activating group) is 1. The number of halogens is 1. The second kappa shape index (κ2) is 6.99. The first-order chi connectivity index (χ1) is 9.58. The Morgan fingerprint density at radius 1 is 1.30 bits per heavy atom. The molecule has 0 spiro atoms. The number of aromatic nitrogens is 1. The maximum Gasteiger partial charge on any atom is 0.165 e. The Hall–Kier alpha value is -1.20. The highest BCUT2D eigenvalue weighted by molar-refractivity contribution is 5.35. The summed E-state index contributed by atoms with van der Waals surface area (Å²) in [4.78, 5) is 8.90. The van der Waals surface area contributed by atoms with Gasteiger partial charge in [-0.2, -0.15) is 0 Å². The van der Waals surface area contributed by atoms with Crippen molar-refractivity contribution >= 4 is 5.82 Å². The van der Waals surface area contributed by atoms with E-state index in [1.165, 1.54) is 6.07 Å². The Labute approximate surface area is 121 Å². The Bertz CT molecular complexity index is 416. The molecule has 0 aliphatic carbocycles. The molecular weight excluding hydrogens is 255 g/mol. The lowest BCUT2D eigenvalue weighted by atomic mass is 10.0. The molecule has 20 heavy (non-hydrogen) atoms. The van der Waals surface area contributed by atoms with Gasteiger partial charge in [0.25, 0.3) is 0 Å². The van der Waals surface area contributed by atoms with Crippen LogP contribution in [0.5, 0.6) is 0 Å². The minimum absolute atomic E-state index is 0.284. The summed E-state index contributed by atoms with van der Waals surface area (Å²) in [6, 6.07) is 3.46. The van der Waals surface area contributed by atoms with Gasteiger partial charge in [0.15, 0.2) is 11.6 Å². The van der Waals surface area contributed by atoms with E-state index in [-0.39, 0.29) is 5.82 Å². The van der Waals surface area contributed by atoms with Crippen molar-refractivity contribution in [2.75, 3.05) is 45.1 Å². The van der Waals surface area contributed by atoms with E-state index in [0.717, 1.165) is 32.7 Å². The Morgan fingerprint density at radius 3 is 2.60 bits per heavy atom. The molecule has 0 radical (unpaired) electrons. The van der Waals surface area contributed by atoms with Crippen LogP contribution in [0.25, 0.3) is 0 Å². The van der Waals surface area contributed by atoms with E-state index in [9.17, 15) is 4.39 Å². The van der Waals surface area contributed by atoms with Crippen molar-refractivity contribution < 1.29 is 4.39 Å². The van der Waals surface area contributed by atoms with E-state index in [1.807, 2.05) is 0 Å². The van der Waals surface area contributed by atoms with Gasteiger partial charge in [0.2, 0.25) is 0 Å². The zero-order chi connectivity index (χ0) is 14.5. The van der Waals surface area contributed by atoms with Gasteiger partial charge < -0.3 is 10.2 Å². The number of nitrogens with zero attached hydrogens (tertiary/aromatic N) is 3. The second-order valence-corrected chi connectivity index (χ2v) is 5.87. The third-order valence-electron chi connectivity index (χ3n) is 4.01. The SMILES string of the molecule is CC(C)C(CNc1ncccc1F)N1CCN(C)CC1. The van der Waals surface area contributed by atoms with Crippen LogP contribution in [-0.2, 0) is 0 Å². The third-order valence-corrected chi connectivity index (χ3v) is 4.01. The highest BCUT2D eigenvalue weighted by Crippen LogP contribution is 2.15. The number of pyridine rings is 1. The van der Waals surface area contributed by atoms with Gasteiger partial charge in [0.1, 0.15) is 0 Å². The summed E-state index contributed by atoms with van der Waals surface area (Å²) in [7, 11) is 2.16. The van der Waals surface area contributed by atoms with Crippen LogP contribution in [-0.4, -0.2) is 60.6 Å². The highest BCUT2D eigenvalue weighted by atomic mass is 19.1. The molecule has 1 fully saturated rings. The molecule has 2 heterocycles. The van der Waals surface area contributed by atoms with Crippen LogP contribution < -0.4 is 5.32 Å². The number of hydrogen-bond donors (Lipinski definition) is 1. The highest BCUT2D eigenvalue weighted by Gasteiger charge is 2.25.